The van der Waals surface area contributed by atoms with Crippen LogP contribution in [0.2, 0.25) is 0 Å². The Kier molecular flexibility index (Phi) is 3.74. The predicted molar refractivity (Wildman–Crippen MR) is 68.6 cm³/mol. The molecule has 0 radical (unpaired) electrons. The van der Waals surface area contributed by atoms with E-state index >= 15 is 0 Å². The number of piperidine rings is 1. The van der Waals surface area contributed by atoms with Crippen LogP contribution in [0.15, 0.2) is 17.6 Å². The normalized spacial score (nSPS) is 26.4. The summed E-state index contributed by atoms with van der Waals surface area (Å²) < 4.78 is 27.9. The van der Waals surface area contributed by atoms with E-state index < -0.39 is 10.0 Å². The summed E-state index contributed by atoms with van der Waals surface area (Å²) in [5, 5.41) is 3.37. The maximum atomic E-state index is 12.4. The summed E-state index contributed by atoms with van der Waals surface area (Å²) in [7, 11) is 0.254. The molecule has 102 valence electrons. The number of aryl methyl sites for hydroxylation is 1. The van der Waals surface area contributed by atoms with Crippen molar-refractivity contribution in [1.82, 2.24) is 19.2 Å². The summed E-state index contributed by atoms with van der Waals surface area (Å²) in [6.45, 7) is 3.17. The minimum absolute atomic E-state index is 0.139. The quantitative estimate of drug-likeness (QED) is 0.843. The van der Waals surface area contributed by atoms with Gasteiger partial charge in [0.1, 0.15) is 0 Å². The van der Waals surface area contributed by atoms with Crippen LogP contribution < -0.4 is 5.32 Å². The lowest BCUT2D eigenvalue weighted by Crippen LogP contribution is -2.49. The Morgan fingerprint density at radius 1 is 1.50 bits per heavy atom. The molecular formula is C11H20N4O2S. The van der Waals surface area contributed by atoms with Crippen molar-refractivity contribution in [2.24, 2.45) is 13.0 Å². The molecule has 1 N–H and O–H groups in total. The molecule has 1 aliphatic heterocycles. The van der Waals surface area contributed by atoms with Crippen LogP contribution in [0.1, 0.15) is 13.3 Å². The molecule has 1 aromatic rings. The largest absolute Gasteiger partial charge is 0.339 e. The van der Waals surface area contributed by atoms with Gasteiger partial charge in [0.25, 0.3) is 10.0 Å². The van der Waals surface area contributed by atoms with Crippen LogP contribution in [-0.4, -0.2) is 48.5 Å². The molecule has 0 aromatic carbocycles. The second-order valence-corrected chi connectivity index (χ2v) is 6.79. The number of hydrogen-bond donors (Lipinski definition) is 1. The molecule has 2 rings (SSSR count). The maximum absolute atomic E-state index is 12.4. The molecule has 6 nitrogen and oxygen atoms in total. The second-order valence-electron chi connectivity index (χ2n) is 4.90. The summed E-state index contributed by atoms with van der Waals surface area (Å²) in [4.78, 5) is 3.94. The molecule has 0 aliphatic carbocycles. The first-order valence-electron chi connectivity index (χ1n) is 6.10. The van der Waals surface area contributed by atoms with Gasteiger partial charge in [-0.1, -0.05) is 6.92 Å². The lowest BCUT2D eigenvalue weighted by molar-refractivity contribution is 0.227. The van der Waals surface area contributed by atoms with Gasteiger partial charge in [-0.2, -0.15) is 4.31 Å². The fourth-order valence-electron chi connectivity index (χ4n) is 2.41. The van der Waals surface area contributed by atoms with Crippen LogP contribution in [0.4, 0.5) is 0 Å². The van der Waals surface area contributed by atoms with Gasteiger partial charge in [0.15, 0.2) is 5.03 Å². The molecule has 0 amide bonds. The van der Waals surface area contributed by atoms with Crippen molar-refractivity contribution in [1.29, 1.82) is 0 Å². The zero-order chi connectivity index (χ0) is 13.3. The number of aromatic nitrogens is 2. The van der Waals surface area contributed by atoms with Gasteiger partial charge in [-0.3, -0.25) is 0 Å². The molecule has 1 aromatic heterocycles. The van der Waals surface area contributed by atoms with Gasteiger partial charge in [-0.15, -0.1) is 0 Å². The number of imidazole rings is 1. The van der Waals surface area contributed by atoms with Gasteiger partial charge in [-0.25, -0.2) is 13.4 Å². The summed E-state index contributed by atoms with van der Waals surface area (Å²) in [6.07, 6.45) is 3.89. The third-order valence-corrected chi connectivity index (χ3v) is 5.28. The van der Waals surface area contributed by atoms with Crippen LogP contribution in [-0.2, 0) is 17.1 Å². The van der Waals surface area contributed by atoms with E-state index in [1.54, 1.807) is 17.8 Å². The molecule has 1 aliphatic rings. The standard InChI is InChI=1S/C11H20N4O2S/c1-9-6-15(5-4-10(9)12-2)18(16,17)11-7-14(3)8-13-11/h7-10,12H,4-6H2,1-3H3. The Morgan fingerprint density at radius 2 is 2.22 bits per heavy atom. The summed E-state index contributed by atoms with van der Waals surface area (Å²) in [5.41, 5.74) is 0. The van der Waals surface area contributed by atoms with Crippen molar-refractivity contribution in [3.05, 3.63) is 12.5 Å². The number of rotatable bonds is 3. The Balaban J connectivity index is 2.17. The Morgan fingerprint density at radius 3 is 2.72 bits per heavy atom. The van der Waals surface area contributed by atoms with Crippen molar-refractivity contribution < 1.29 is 8.42 Å². The van der Waals surface area contributed by atoms with Crippen LogP contribution in [0.25, 0.3) is 0 Å². The SMILES string of the molecule is CNC1CCN(S(=O)(=O)c2cn(C)cn2)CC1C. The highest BCUT2D eigenvalue weighted by atomic mass is 32.2. The van der Waals surface area contributed by atoms with Crippen molar-refractivity contribution >= 4 is 10.0 Å². The molecule has 2 heterocycles. The average Bonchev–Trinajstić information content (AvgIpc) is 2.76. The van der Waals surface area contributed by atoms with E-state index in [0.717, 1.165) is 6.42 Å². The molecule has 0 bridgehead atoms. The molecule has 0 spiro atoms. The topological polar surface area (TPSA) is 67.2 Å². The third kappa shape index (κ3) is 2.43. The molecule has 0 saturated carbocycles. The van der Waals surface area contributed by atoms with Gasteiger partial charge in [0.05, 0.1) is 6.33 Å². The first kappa shape index (κ1) is 13.5. The van der Waals surface area contributed by atoms with Crippen LogP contribution in [0, 0.1) is 5.92 Å². The highest BCUT2D eigenvalue weighted by molar-refractivity contribution is 7.89. The second kappa shape index (κ2) is 4.99. The first-order valence-corrected chi connectivity index (χ1v) is 7.54. The highest BCUT2D eigenvalue weighted by Gasteiger charge is 2.33. The molecule has 7 heteroatoms. The molecule has 2 unspecified atom stereocenters. The van der Waals surface area contributed by atoms with Gasteiger partial charge < -0.3 is 9.88 Å². The highest BCUT2D eigenvalue weighted by Crippen LogP contribution is 2.22. The van der Waals surface area contributed by atoms with Crippen LogP contribution >= 0.6 is 0 Å². The summed E-state index contributed by atoms with van der Waals surface area (Å²) >= 11 is 0. The molecular weight excluding hydrogens is 252 g/mol. The average molecular weight is 272 g/mol. The van der Waals surface area contributed by atoms with Crippen molar-refractivity contribution in [2.45, 2.75) is 24.4 Å². The number of nitrogens with one attached hydrogen (secondary N) is 1. The summed E-state index contributed by atoms with van der Waals surface area (Å²) in [5.74, 6) is 0.308. The number of nitrogens with zero attached hydrogens (tertiary/aromatic N) is 3. The maximum Gasteiger partial charge on any atom is 0.262 e. The summed E-state index contributed by atoms with van der Waals surface area (Å²) in [6, 6.07) is 0.389. The van der Waals surface area contributed by atoms with Crippen molar-refractivity contribution in [2.75, 3.05) is 20.1 Å². The predicted octanol–water partition coefficient (Wildman–Crippen LogP) is 0.0386. The van der Waals surface area contributed by atoms with Gasteiger partial charge in [0, 0.05) is 32.4 Å². The smallest absolute Gasteiger partial charge is 0.262 e. The number of sulfonamides is 1. The van der Waals surface area contributed by atoms with E-state index in [1.165, 1.54) is 10.6 Å². The van der Waals surface area contributed by atoms with Crippen molar-refractivity contribution in [3.63, 3.8) is 0 Å². The van der Waals surface area contributed by atoms with E-state index in [9.17, 15) is 8.42 Å². The minimum Gasteiger partial charge on any atom is -0.339 e. The molecule has 18 heavy (non-hydrogen) atoms. The van der Waals surface area contributed by atoms with Gasteiger partial charge in [-0.05, 0) is 19.4 Å². The van der Waals surface area contributed by atoms with E-state index in [4.69, 9.17) is 0 Å². The van der Waals surface area contributed by atoms with E-state index in [0.29, 0.717) is 25.0 Å². The van der Waals surface area contributed by atoms with Gasteiger partial charge >= 0.3 is 0 Å². The first-order chi connectivity index (χ1) is 8.45. The lowest BCUT2D eigenvalue weighted by Gasteiger charge is -2.35. The van der Waals surface area contributed by atoms with Gasteiger partial charge in [0.2, 0.25) is 0 Å². The molecule has 1 fully saturated rings. The van der Waals surface area contributed by atoms with Crippen LogP contribution in [0.5, 0.6) is 0 Å². The minimum atomic E-state index is -3.43. The Hall–Kier alpha value is -0.920. The van der Waals surface area contributed by atoms with Crippen molar-refractivity contribution in [3.8, 4) is 0 Å². The van der Waals surface area contributed by atoms with E-state index in [-0.39, 0.29) is 5.03 Å². The van der Waals surface area contributed by atoms with E-state index in [1.807, 2.05) is 7.05 Å². The molecule has 1 saturated heterocycles. The zero-order valence-electron chi connectivity index (χ0n) is 11.0. The Bertz CT molecular complexity index is 511. The van der Waals surface area contributed by atoms with Crippen LogP contribution in [0.3, 0.4) is 0 Å². The molecule has 2 atom stereocenters. The monoisotopic (exact) mass is 272 g/mol. The Labute approximate surface area is 108 Å². The lowest BCUT2D eigenvalue weighted by atomic mass is 9.96. The number of hydrogen-bond acceptors (Lipinski definition) is 4. The fraction of sp³-hybridized carbons (Fsp3) is 0.727. The van der Waals surface area contributed by atoms with E-state index in [2.05, 4.69) is 17.2 Å². The third-order valence-electron chi connectivity index (χ3n) is 3.52. The fourth-order valence-corrected chi connectivity index (χ4v) is 3.93. The zero-order valence-corrected chi connectivity index (χ0v) is 11.8.